The van der Waals surface area contributed by atoms with Crippen LogP contribution < -0.4 is 5.59 Å². The molecule has 0 heterocycles. The molecule has 4 radical (unpaired) electrons. The van der Waals surface area contributed by atoms with E-state index in [-0.39, 0.29) is 28.8 Å². The van der Waals surface area contributed by atoms with E-state index in [1.165, 1.54) is 6.92 Å². The van der Waals surface area contributed by atoms with Gasteiger partial charge in [0, 0.05) is 17.1 Å². The van der Waals surface area contributed by atoms with Crippen molar-refractivity contribution in [1.29, 1.82) is 0 Å². The van der Waals surface area contributed by atoms with Crippen LogP contribution in [0.25, 0.3) is 0 Å². The summed E-state index contributed by atoms with van der Waals surface area (Å²) in [5.74, 6) is -0.575. The average molecular weight is 297 g/mol. The molecule has 0 aliphatic carbocycles. The van der Waals surface area contributed by atoms with Gasteiger partial charge in [0.25, 0.3) is 0 Å². The van der Waals surface area contributed by atoms with Crippen molar-refractivity contribution in [2.75, 3.05) is 6.61 Å². The van der Waals surface area contributed by atoms with Crippen molar-refractivity contribution in [3.05, 3.63) is 37.5 Å². The minimum atomic E-state index is -0.521. The largest absolute Gasteiger partial charge is 0.466 e. The van der Waals surface area contributed by atoms with Gasteiger partial charge in [0.15, 0.2) is 0 Å². The second-order valence-corrected chi connectivity index (χ2v) is 1.98. The van der Waals surface area contributed by atoms with Crippen LogP contribution in [0.5, 0.6) is 0 Å². The fourth-order valence-corrected chi connectivity index (χ4v) is 0.428. The summed E-state index contributed by atoms with van der Waals surface area (Å²) >= 11 is 0. The molecule has 0 saturated carbocycles. The molecule has 0 amide bonds. The van der Waals surface area contributed by atoms with Crippen LogP contribution in [0, 0.1) is 37.5 Å². The number of ketones is 1. The molecule has 8 heteroatoms. The summed E-state index contributed by atoms with van der Waals surface area (Å²) in [5.41, 5.74) is 5.75. The van der Waals surface area contributed by atoms with Crippen LogP contribution in [-0.2, 0) is 40.7 Å². The third-order valence-electron chi connectivity index (χ3n) is 1.03. The normalized spacial score (nSPS) is 6.44. The summed E-state index contributed by atoms with van der Waals surface area (Å²) in [7, 11) is 0. The molecule has 0 aromatic heterocycles. The molecule has 0 bridgehead atoms. The van der Waals surface area contributed by atoms with E-state index < -0.39 is 5.97 Å². The summed E-state index contributed by atoms with van der Waals surface area (Å²) in [6, 6.07) is 0. The van der Waals surface area contributed by atoms with E-state index in [2.05, 4.69) is 25.0 Å². The van der Waals surface area contributed by atoms with Crippen molar-refractivity contribution >= 4 is 11.8 Å². The molecule has 0 rings (SSSR count). The van der Waals surface area contributed by atoms with E-state index in [0.717, 1.165) is 6.42 Å². The Morgan fingerprint density at radius 3 is 1.83 bits per heavy atom. The van der Waals surface area contributed by atoms with Crippen LogP contribution in [0.1, 0.15) is 13.8 Å². The molecular formula is C10H11FeNO6. The van der Waals surface area contributed by atoms with E-state index in [0.29, 0.717) is 6.61 Å². The van der Waals surface area contributed by atoms with Gasteiger partial charge in [-0.1, -0.05) is 0 Å². The Labute approximate surface area is 116 Å². The van der Waals surface area contributed by atoms with Crippen molar-refractivity contribution in [2.45, 2.75) is 13.8 Å². The maximum Gasteiger partial charge on any atom is 0.310 e. The second kappa shape index (κ2) is 29.6. The predicted molar refractivity (Wildman–Crippen MR) is 53.6 cm³/mol. The van der Waals surface area contributed by atoms with E-state index in [4.69, 9.17) is 19.8 Å². The number of Topliss-reactive ketones (excluding diaryl/α,β-unsaturated/α-hetero) is 1. The van der Waals surface area contributed by atoms with Gasteiger partial charge in [-0.15, -0.1) is 4.91 Å². The SMILES string of the molecule is [C-]#[O+].[C-]#[O+].[CH2][C]([CH]C(=O)OCC)C(C)=O.[Fe].[N]=O. The molecule has 0 aliphatic rings. The van der Waals surface area contributed by atoms with Crippen LogP contribution in [0.15, 0.2) is 0 Å². The minimum absolute atomic E-state index is 0. The van der Waals surface area contributed by atoms with E-state index >= 15 is 0 Å². The number of hydrogen-bond donors (Lipinski definition) is 0. The van der Waals surface area contributed by atoms with Crippen molar-refractivity contribution < 1.29 is 40.7 Å². The zero-order valence-corrected chi connectivity index (χ0v) is 10.8. The van der Waals surface area contributed by atoms with Crippen LogP contribution in [0.4, 0.5) is 0 Å². The topological polar surface area (TPSA) is 123 Å². The Kier molecular flexibility index (Phi) is 49.6. The molecule has 0 saturated heterocycles. The third kappa shape index (κ3) is 29.3. The molecule has 18 heavy (non-hydrogen) atoms. The Morgan fingerprint density at radius 1 is 1.28 bits per heavy atom. The molecular weight excluding hydrogens is 286 g/mol. The molecule has 0 spiro atoms. The summed E-state index contributed by atoms with van der Waals surface area (Å²) in [5, 5.41) is 0. The van der Waals surface area contributed by atoms with E-state index in [1.807, 2.05) is 0 Å². The quantitative estimate of drug-likeness (QED) is 0.319. The van der Waals surface area contributed by atoms with Gasteiger partial charge in [-0.2, -0.15) is 0 Å². The number of rotatable bonds is 4. The van der Waals surface area contributed by atoms with Crippen LogP contribution in [0.2, 0.25) is 0 Å². The van der Waals surface area contributed by atoms with Crippen molar-refractivity contribution in [1.82, 2.24) is 5.59 Å². The summed E-state index contributed by atoms with van der Waals surface area (Å²) < 4.78 is 19.6. The first-order valence-corrected chi connectivity index (χ1v) is 3.88. The van der Waals surface area contributed by atoms with Crippen molar-refractivity contribution in [3.63, 3.8) is 0 Å². The Hall–Kier alpha value is -1.26. The number of hydrogen-bond acceptors (Lipinski definition) is 4. The standard InChI is InChI=1S/C8H11O3.2CO.Fe.NO/c1-4-11-8(10)5-6(2)7(3)9;2*1-2;;1-2/h5H,2,4H2,1,3H3;;;;. The maximum absolute atomic E-state index is 10.7. The van der Waals surface area contributed by atoms with Gasteiger partial charge in [-0.05, 0) is 20.8 Å². The Morgan fingerprint density at radius 2 is 1.61 bits per heavy atom. The molecule has 0 fully saturated rings. The first kappa shape index (κ1) is 30.1. The summed E-state index contributed by atoms with van der Waals surface area (Å²) in [4.78, 5) is 28.5. The second-order valence-electron chi connectivity index (χ2n) is 1.98. The number of esters is 1. The van der Waals surface area contributed by atoms with Crippen LogP contribution in [0.3, 0.4) is 0 Å². The molecule has 0 aromatic rings. The van der Waals surface area contributed by atoms with Gasteiger partial charge in [-0.25, -0.2) is 0 Å². The number of ether oxygens (including phenoxy) is 1. The molecule has 0 aliphatic heterocycles. The zero-order chi connectivity index (χ0) is 14.9. The molecule has 7 nitrogen and oxygen atoms in total. The monoisotopic (exact) mass is 297 g/mol. The van der Waals surface area contributed by atoms with Crippen LogP contribution in [-0.4, -0.2) is 18.4 Å². The number of carbonyl (C=O) groups is 2. The molecule has 0 aromatic carbocycles. The van der Waals surface area contributed by atoms with E-state index in [9.17, 15) is 9.59 Å². The van der Waals surface area contributed by atoms with Gasteiger partial charge in [0.05, 0.1) is 18.9 Å². The number of carbonyl (C=O) groups excluding carboxylic acids is 2. The zero-order valence-electron chi connectivity index (χ0n) is 9.74. The number of nitrogens with zero attached hydrogens (tertiary/aromatic N) is 1. The van der Waals surface area contributed by atoms with Gasteiger partial charge < -0.3 is 4.74 Å². The minimum Gasteiger partial charge on any atom is -0.466 e. The third-order valence-corrected chi connectivity index (χ3v) is 1.03. The van der Waals surface area contributed by atoms with Gasteiger partial charge >= 0.3 is 28.6 Å². The van der Waals surface area contributed by atoms with E-state index in [1.54, 1.807) is 6.92 Å². The maximum atomic E-state index is 10.7. The molecule has 0 unspecified atom stereocenters. The first-order valence-electron chi connectivity index (χ1n) is 3.88. The van der Waals surface area contributed by atoms with Gasteiger partial charge in [-0.3, -0.25) is 9.59 Å². The molecule has 100 valence electrons. The summed E-state index contributed by atoms with van der Waals surface area (Å²) in [6.07, 6.45) is 1.09. The van der Waals surface area contributed by atoms with Crippen molar-refractivity contribution in [2.24, 2.45) is 0 Å². The fraction of sp³-hybridized carbons (Fsp3) is 0.300. The summed E-state index contributed by atoms with van der Waals surface area (Å²) in [6.45, 7) is 15.7. The first-order chi connectivity index (χ1) is 8.07. The molecule has 0 N–H and O–H groups in total. The Balaban J connectivity index is -0.0000000700. The predicted octanol–water partition coefficient (Wildman–Crippen LogP) is 0.227. The van der Waals surface area contributed by atoms with Crippen LogP contribution >= 0.6 is 0 Å². The van der Waals surface area contributed by atoms with Gasteiger partial charge in [0.2, 0.25) is 0 Å². The number of nitroso groups, excluding NO2 is 1. The Bertz CT molecular complexity index is 235. The average Bonchev–Trinajstić information content (AvgIpc) is 2.36. The van der Waals surface area contributed by atoms with Gasteiger partial charge in [0.1, 0.15) is 11.4 Å². The fourth-order valence-electron chi connectivity index (χ4n) is 0.428. The van der Waals surface area contributed by atoms with Crippen molar-refractivity contribution in [3.8, 4) is 0 Å². The molecule has 0 atom stereocenters. The smallest absolute Gasteiger partial charge is 0.310 e.